The fourth-order valence-electron chi connectivity index (χ4n) is 1.58. The Morgan fingerprint density at radius 3 is 2.10 bits per heavy atom. The van der Waals surface area contributed by atoms with Gasteiger partial charge in [-0.05, 0) is 0 Å². The molecule has 4 atom stereocenters. The van der Waals surface area contributed by atoms with Crippen molar-refractivity contribution in [3.8, 4) is 0 Å². The second kappa shape index (κ2) is 8.82. The van der Waals surface area contributed by atoms with Gasteiger partial charge in [0.1, 0.15) is 24.4 Å². The number of carbonyl (C=O) groups excluding carboxylic acids is 2. The van der Waals surface area contributed by atoms with E-state index in [0.29, 0.717) is 0 Å². The normalized spacial score (nSPS) is 16.9. The van der Waals surface area contributed by atoms with Gasteiger partial charge in [0.15, 0.2) is 0 Å². The van der Waals surface area contributed by atoms with E-state index in [-0.39, 0.29) is 6.54 Å². The molecule has 0 aliphatic carbocycles. The van der Waals surface area contributed by atoms with Crippen LogP contribution in [0.1, 0.15) is 13.8 Å². The summed E-state index contributed by atoms with van der Waals surface area (Å²) in [5.41, 5.74) is 2.21. The fourth-order valence-corrected chi connectivity index (χ4v) is 1.58. The molecule has 0 radical (unpaired) electrons. The van der Waals surface area contributed by atoms with E-state index in [1.165, 1.54) is 21.0 Å². The van der Waals surface area contributed by atoms with Crippen LogP contribution in [0.4, 0.5) is 0 Å². The molecular formula is C11H22N2O7. The van der Waals surface area contributed by atoms with Gasteiger partial charge in [-0.1, -0.05) is 0 Å². The largest absolute Gasteiger partial charge is 0.394 e. The van der Waals surface area contributed by atoms with Crippen molar-refractivity contribution in [3.63, 3.8) is 0 Å². The van der Waals surface area contributed by atoms with Gasteiger partial charge in [0.25, 0.3) is 0 Å². The lowest BCUT2D eigenvalue weighted by Crippen LogP contribution is -2.54. The third kappa shape index (κ3) is 5.80. The number of aliphatic hydroxyl groups is 4. The van der Waals surface area contributed by atoms with E-state index in [1.54, 1.807) is 0 Å². The molecule has 118 valence electrons. The zero-order valence-electron chi connectivity index (χ0n) is 11.7. The molecule has 0 unspecified atom stereocenters. The first-order chi connectivity index (χ1) is 9.24. The van der Waals surface area contributed by atoms with Gasteiger partial charge in [0.2, 0.25) is 11.8 Å². The molecule has 0 aliphatic heterocycles. The number of rotatable bonds is 7. The Kier molecular flexibility index (Phi) is 8.26. The van der Waals surface area contributed by atoms with Crippen LogP contribution in [-0.4, -0.2) is 81.9 Å². The lowest BCUT2D eigenvalue weighted by Gasteiger charge is -2.31. The summed E-state index contributed by atoms with van der Waals surface area (Å²) in [5.74, 6) is -1.02. The minimum atomic E-state index is -1.55. The molecule has 0 spiro atoms. The molecular weight excluding hydrogens is 272 g/mol. The Labute approximate surface area is 116 Å². The molecule has 0 aromatic rings. The predicted molar refractivity (Wildman–Crippen MR) is 67.1 cm³/mol. The molecule has 9 heteroatoms. The molecule has 0 fully saturated rings. The van der Waals surface area contributed by atoms with Crippen LogP contribution in [0.3, 0.4) is 0 Å². The second-order valence-electron chi connectivity index (χ2n) is 4.31. The van der Waals surface area contributed by atoms with E-state index < -0.39 is 42.8 Å². The van der Waals surface area contributed by atoms with Crippen LogP contribution in [0.2, 0.25) is 0 Å². The van der Waals surface area contributed by atoms with Crippen LogP contribution in [0.5, 0.6) is 0 Å². The van der Waals surface area contributed by atoms with Crippen LogP contribution in [0.25, 0.3) is 0 Å². The maximum atomic E-state index is 11.3. The van der Waals surface area contributed by atoms with Crippen molar-refractivity contribution < 1.29 is 34.8 Å². The van der Waals surface area contributed by atoms with E-state index in [4.69, 9.17) is 9.84 Å². The summed E-state index contributed by atoms with van der Waals surface area (Å²) in [6.45, 7) is 1.32. The van der Waals surface area contributed by atoms with E-state index in [1.807, 2.05) is 0 Å². The summed E-state index contributed by atoms with van der Waals surface area (Å²) in [4.78, 5) is 22.2. The van der Waals surface area contributed by atoms with Crippen molar-refractivity contribution in [2.75, 3.05) is 20.3 Å². The maximum Gasteiger partial charge on any atom is 0.237 e. The second-order valence-corrected chi connectivity index (χ2v) is 4.31. The number of amides is 2. The van der Waals surface area contributed by atoms with Crippen LogP contribution >= 0.6 is 0 Å². The highest BCUT2D eigenvalue weighted by molar-refractivity contribution is 5.79. The maximum absolute atomic E-state index is 11.3. The van der Waals surface area contributed by atoms with Crippen molar-refractivity contribution >= 4 is 11.8 Å². The van der Waals surface area contributed by atoms with Gasteiger partial charge in [-0.3, -0.25) is 20.0 Å². The summed E-state index contributed by atoms with van der Waals surface area (Å²) in [5, 5.41) is 38.6. The van der Waals surface area contributed by atoms with E-state index in [9.17, 15) is 24.9 Å². The molecule has 0 rings (SSSR count). The first kappa shape index (κ1) is 18.7. The van der Waals surface area contributed by atoms with Crippen molar-refractivity contribution in [2.24, 2.45) is 0 Å². The third-order valence-corrected chi connectivity index (χ3v) is 2.61. The minimum Gasteiger partial charge on any atom is -0.394 e. The van der Waals surface area contributed by atoms with Gasteiger partial charge in [-0.2, -0.15) is 0 Å². The number of hydrogen-bond donors (Lipinski definition) is 5. The molecule has 0 heterocycles. The van der Waals surface area contributed by atoms with Crippen LogP contribution in [0.15, 0.2) is 0 Å². The first-order valence-corrected chi connectivity index (χ1v) is 5.97. The quantitative estimate of drug-likeness (QED) is 0.315. The molecule has 0 aliphatic rings. The topological polar surface area (TPSA) is 140 Å². The SMILES string of the molecule is CO[C@@H]([C@H](O)[C@H](O)CO)[C@@H](O)CN(NC(C)=O)C(C)=O. The highest BCUT2D eigenvalue weighted by atomic mass is 16.5. The Hall–Kier alpha value is -1.26. The monoisotopic (exact) mass is 294 g/mol. The van der Waals surface area contributed by atoms with Gasteiger partial charge in [0, 0.05) is 21.0 Å². The predicted octanol–water partition coefficient (Wildman–Crippen LogP) is -3.02. The van der Waals surface area contributed by atoms with Crippen LogP contribution in [-0.2, 0) is 14.3 Å². The van der Waals surface area contributed by atoms with E-state index >= 15 is 0 Å². The van der Waals surface area contributed by atoms with Gasteiger partial charge in [-0.25, -0.2) is 0 Å². The average Bonchev–Trinajstić information content (AvgIpc) is 2.36. The summed E-state index contributed by atoms with van der Waals surface area (Å²) < 4.78 is 4.86. The molecule has 0 bridgehead atoms. The number of hydrazine groups is 1. The Balaban J connectivity index is 4.77. The van der Waals surface area contributed by atoms with E-state index in [2.05, 4.69) is 5.43 Å². The van der Waals surface area contributed by atoms with Crippen molar-refractivity contribution in [3.05, 3.63) is 0 Å². The van der Waals surface area contributed by atoms with Gasteiger partial charge < -0.3 is 25.2 Å². The van der Waals surface area contributed by atoms with Crippen LogP contribution in [0, 0.1) is 0 Å². The molecule has 0 saturated heterocycles. The van der Waals surface area contributed by atoms with Crippen molar-refractivity contribution in [2.45, 2.75) is 38.3 Å². The van der Waals surface area contributed by atoms with Gasteiger partial charge >= 0.3 is 0 Å². The van der Waals surface area contributed by atoms with Gasteiger partial charge in [-0.15, -0.1) is 0 Å². The van der Waals surface area contributed by atoms with Crippen LogP contribution < -0.4 is 5.43 Å². The highest BCUT2D eigenvalue weighted by Gasteiger charge is 2.33. The number of methoxy groups -OCH3 is 1. The molecule has 20 heavy (non-hydrogen) atoms. The Morgan fingerprint density at radius 2 is 1.75 bits per heavy atom. The summed E-state index contributed by atoms with van der Waals surface area (Å²) in [6.07, 6.45) is -5.67. The molecule has 0 aromatic heterocycles. The van der Waals surface area contributed by atoms with E-state index in [0.717, 1.165) is 5.01 Å². The Morgan fingerprint density at radius 1 is 1.20 bits per heavy atom. The van der Waals surface area contributed by atoms with Crippen molar-refractivity contribution in [1.82, 2.24) is 10.4 Å². The smallest absolute Gasteiger partial charge is 0.237 e. The minimum absolute atomic E-state index is 0.345. The molecule has 0 aromatic carbocycles. The fraction of sp³-hybridized carbons (Fsp3) is 0.818. The summed E-state index contributed by atoms with van der Waals surface area (Å²) in [7, 11) is 1.19. The number of nitrogens with one attached hydrogen (secondary N) is 1. The number of ether oxygens (including phenoxy) is 1. The molecule has 2 amide bonds. The lowest BCUT2D eigenvalue weighted by molar-refractivity contribution is -0.151. The standard InChI is InChI=1S/C11H22N2O7/c1-6(15)12-13(7(2)16)4-8(17)11(20-3)10(19)9(18)5-14/h8-11,14,17-19H,4-5H2,1-3H3,(H,12,15)/t8-,9+,10+,11+/m0/s1. The molecule has 9 nitrogen and oxygen atoms in total. The molecule has 5 N–H and O–H groups in total. The number of nitrogens with zero attached hydrogens (tertiary/aromatic N) is 1. The summed E-state index contributed by atoms with van der Waals surface area (Å²) in [6, 6.07) is 0. The van der Waals surface area contributed by atoms with Crippen molar-refractivity contribution in [1.29, 1.82) is 0 Å². The van der Waals surface area contributed by atoms with Gasteiger partial charge in [0.05, 0.1) is 13.2 Å². The molecule has 0 saturated carbocycles. The average molecular weight is 294 g/mol. The zero-order chi connectivity index (χ0) is 15.9. The number of aliphatic hydroxyl groups excluding tert-OH is 4. The lowest BCUT2D eigenvalue weighted by atomic mass is 10.0. The Bertz CT molecular complexity index is 326. The third-order valence-electron chi connectivity index (χ3n) is 2.61. The summed E-state index contributed by atoms with van der Waals surface area (Å²) >= 11 is 0. The highest BCUT2D eigenvalue weighted by Crippen LogP contribution is 2.10. The number of carbonyl (C=O) groups is 2. The zero-order valence-corrected chi connectivity index (χ0v) is 11.7. The first-order valence-electron chi connectivity index (χ1n) is 5.97. The number of hydrogen-bond acceptors (Lipinski definition) is 7.